The number of carbonyl (C=O) groups excluding carboxylic acids is 4. The van der Waals surface area contributed by atoms with E-state index >= 15 is 0 Å². The molecule has 0 bridgehead atoms. The van der Waals surface area contributed by atoms with Crippen LogP contribution in [0.4, 0.5) is 15.5 Å². The molecular weight excluding hydrogens is 631 g/mol. The lowest BCUT2D eigenvalue weighted by Crippen LogP contribution is -2.39. The van der Waals surface area contributed by atoms with Gasteiger partial charge in [-0.1, -0.05) is 6.07 Å². The predicted molar refractivity (Wildman–Crippen MR) is 179 cm³/mol. The Morgan fingerprint density at radius 1 is 1.02 bits per heavy atom. The number of hydrogen-bond acceptors (Lipinski definition) is 10. The largest absolute Gasteiger partial charge is 0.493 e. The molecule has 246 valence electrons. The van der Waals surface area contributed by atoms with E-state index in [-0.39, 0.29) is 25.0 Å². The van der Waals surface area contributed by atoms with E-state index in [0.29, 0.717) is 46.3 Å². The second-order valence-electron chi connectivity index (χ2n) is 11.4. The van der Waals surface area contributed by atoms with Crippen LogP contribution in [0.5, 0.6) is 11.5 Å². The Balaban J connectivity index is 1.46. The lowest BCUT2D eigenvalue weighted by Gasteiger charge is -2.30. The molecule has 46 heavy (non-hydrogen) atoms. The maximum absolute atomic E-state index is 13.4. The van der Waals surface area contributed by atoms with Crippen molar-refractivity contribution in [3.05, 3.63) is 64.0 Å². The highest BCUT2D eigenvalue weighted by molar-refractivity contribution is 8.00. The van der Waals surface area contributed by atoms with Crippen molar-refractivity contribution >= 4 is 57.7 Å². The Kier molecular flexibility index (Phi) is 11.2. The van der Waals surface area contributed by atoms with E-state index < -0.39 is 22.9 Å². The average molecular weight is 670 g/mol. The van der Waals surface area contributed by atoms with Crippen LogP contribution in [0.25, 0.3) is 0 Å². The van der Waals surface area contributed by atoms with Crippen LogP contribution in [0.2, 0.25) is 0 Å². The van der Waals surface area contributed by atoms with Gasteiger partial charge in [-0.15, -0.1) is 23.1 Å². The van der Waals surface area contributed by atoms with Gasteiger partial charge in [0.15, 0.2) is 11.5 Å². The summed E-state index contributed by atoms with van der Waals surface area (Å²) in [6.45, 7) is 9.74. The zero-order chi connectivity index (χ0) is 33.6. The smallest absolute Gasteiger partial charge is 0.410 e. The third-order valence-electron chi connectivity index (χ3n) is 6.84. The number of fused-ring (bicyclic) bond motifs is 1. The van der Waals surface area contributed by atoms with Gasteiger partial charge < -0.3 is 34.5 Å². The standard InChI is InChI=1S/C33H39N3O8S2/c1-8-43-31(39)27-23-14-15-36(32(40)44-33(3,4)5)18-26(23)46-30(27)35-28(37)19(2)45-22-11-9-10-21(17-22)34-29(38)20-12-13-24(41-6)25(16-20)42-7/h9-13,16-17,19H,8,14-15,18H2,1-7H3,(H,34,38)(H,35,37). The number of thiophene rings is 1. The van der Waals surface area contributed by atoms with Gasteiger partial charge in [-0.3, -0.25) is 9.59 Å². The van der Waals surface area contributed by atoms with Gasteiger partial charge in [-0.2, -0.15) is 0 Å². The fraction of sp³-hybridized carbons (Fsp3) is 0.394. The number of esters is 1. The van der Waals surface area contributed by atoms with Crippen LogP contribution in [0.15, 0.2) is 47.4 Å². The fourth-order valence-electron chi connectivity index (χ4n) is 4.69. The lowest BCUT2D eigenvalue weighted by molar-refractivity contribution is -0.115. The number of benzene rings is 2. The van der Waals surface area contributed by atoms with Gasteiger partial charge in [0.2, 0.25) is 5.91 Å². The molecule has 11 nitrogen and oxygen atoms in total. The van der Waals surface area contributed by atoms with E-state index in [0.717, 1.165) is 15.3 Å². The molecule has 1 atom stereocenters. The number of anilines is 2. The maximum atomic E-state index is 13.4. The topological polar surface area (TPSA) is 132 Å². The van der Waals surface area contributed by atoms with Crippen molar-refractivity contribution in [1.29, 1.82) is 0 Å². The SMILES string of the molecule is CCOC(=O)c1c(NC(=O)C(C)Sc2cccc(NC(=O)c3ccc(OC)c(OC)c3)c2)sc2c1CCN(C(=O)OC(C)(C)C)C2. The number of rotatable bonds is 10. The average Bonchev–Trinajstić information content (AvgIpc) is 3.37. The zero-order valence-corrected chi connectivity index (χ0v) is 28.6. The van der Waals surface area contributed by atoms with Crippen molar-refractivity contribution in [3.8, 4) is 11.5 Å². The summed E-state index contributed by atoms with van der Waals surface area (Å²) < 4.78 is 21.4. The van der Waals surface area contributed by atoms with Gasteiger partial charge in [0, 0.05) is 27.6 Å². The minimum atomic E-state index is -0.633. The predicted octanol–water partition coefficient (Wildman–Crippen LogP) is 6.61. The molecule has 2 heterocycles. The highest BCUT2D eigenvalue weighted by Gasteiger charge is 2.33. The molecule has 3 amide bonds. The van der Waals surface area contributed by atoms with Gasteiger partial charge in [0.25, 0.3) is 5.91 Å². The Morgan fingerprint density at radius 3 is 2.43 bits per heavy atom. The van der Waals surface area contributed by atoms with Crippen molar-refractivity contribution in [1.82, 2.24) is 4.90 Å². The summed E-state index contributed by atoms with van der Waals surface area (Å²) in [7, 11) is 3.03. The molecule has 0 saturated carbocycles. The third kappa shape index (κ3) is 8.52. The Labute approximate surface area is 276 Å². The minimum absolute atomic E-state index is 0.187. The van der Waals surface area contributed by atoms with Crippen molar-refractivity contribution in [2.24, 2.45) is 0 Å². The molecule has 1 aromatic heterocycles. The van der Waals surface area contributed by atoms with Gasteiger partial charge in [-0.05, 0) is 83.0 Å². The van der Waals surface area contributed by atoms with Gasteiger partial charge >= 0.3 is 12.1 Å². The summed E-state index contributed by atoms with van der Waals surface area (Å²) in [4.78, 5) is 55.2. The first-order valence-electron chi connectivity index (χ1n) is 14.7. The summed E-state index contributed by atoms with van der Waals surface area (Å²) >= 11 is 2.57. The van der Waals surface area contributed by atoms with Crippen LogP contribution >= 0.6 is 23.1 Å². The third-order valence-corrected chi connectivity index (χ3v) is 9.07. The zero-order valence-electron chi connectivity index (χ0n) is 27.0. The molecule has 2 aromatic carbocycles. The van der Waals surface area contributed by atoms with Crippen molar-refractivity contribution in [2.45, 2.75) is 63.3 Å². The molecule has 0 aliphatic carbocycles. The molecule has 4 rings (SSSR count). The number of carbonyl (C=O) groups is 4. The Bertz CT molecular complexity index is 1610. The van der Waals surface area contributed by atoms with Crippen molar-refractivity contribution in [3.63, 3.8) is 0 Å². The van der Waals surface area contributed by atoms with Crippen LogP contribution in [-0.2, 0) is 27.2 Å². The van der Waals surface area contributed by atoms with Crippen LogP contribution in [0, 0.1) is 0 Å². The Hall–Kier alpha value is -4.23. The maximum Gasteiger partial charge on any atom is 0.410 e. The molecule has 13 heteroatoms. The van der Waals surface area contributed by atoms with Crippen LogP contribution in [-0.4, -0.2) is 67.0 Å². The first-order chi connectivity index (χ1) is 21.8. The number of nitrogens with one attached hydrogen (secondary N) is 2. The molecule has 1 aliphatic heterocycles. The van der Waals surface area contributed by atoms with Crippen molar-refractivity contribution < 1.29 is 38.1 Å². The molecule has 3 aromatic rings. The monoisotopic (exact) mass is 669 g/mol. The number of amides is 3. The minimum Gasteiger partial charge on any atom is -0.493 e. The lowest BCUT2D eigenvalue weighted by atomic mass is 10.0. The number of ether oxygens (including phenoxy) is 4. The fourth-order valence-corrected chi connectivity index (χ4v) is 6.87. The first kappa shape index (κ1) is 34.6. The number of hydrogen-bond donors (Lipinski definition) is 2. The molecule has 1 unspecified atom stereocenters. The molecular formula is C33H39N3O8S2. The summed E-state index contributed by atoms with van der Waals surface area (Å²) in [5.74, 6) is -0.189. The molecule has 0 fully saturated rings. The van der Waals surface area contributed by atoms with Crippen LogP contribution < -0.4 is 20.1 Å². The number of nitrogens with zero attached hydrogens (tertiary/aromatic N) is 1. The number of thioether (sulfide) groups is 1. The second-order valence-corrected chi connectivity index (χ2v) is 13.9. The second kappa shape index (κ2) is 14.9. The Morgan fingerprint density at radius 2 is 1.76 bits per heavy atom. The summed E-state index contributed by atoms with van der Waals surface area (Å²) in [6, 6.07) is 12.1. The van der Waals surface area contributed by atoms with Gasteiger partial charge in [0.1, 0.15) is 10.6 Å². The summed E-state index contributed by atoms with van der Waals surface area (Å²) in [5, 5.41) is 5.65. The summed E-state index contributed by atoms with van der Waals surface area (Å²) in [5.41, 5.74) is 1.43. The highest BCUT2D eigenvalue weighted by Crippen LogP contribution is 2.39. The van der Waals surface area contributed by atoms with E-state index in [1.54, 1.807) is 55.1 Å². The molecule has 0 spiro atoms. The van der Waals surface area contributed by atoms with E-state index in [2.05, 4.69) is 10.6 Å². The van der Waals surface area contributed by atoms with E-state index in [1.165, 1.54) is 37.3 Å². The first-order valence-corrected chi connectivity index (χ1v) is 16.4. The molecule has 1 aliphatic rings. The van der Waals surface area contributed by atoms with Crippen LogP contribution in [0.3, 0.4) is 0 Å². The van der Waals surface area contributed by atoms with Gasteiger partial charge in [0.05, 0.1) is 38.2 Å². The highest BCUT2D eigenvalue weighted by atomic mass is 32.2. The van der Waals surface area contributed by atoms with Crippen molar-refractivity contribution in [2.75, 3.05) is 38.0 Å². The summed E-state index contributed by atoms with van der Waals surface area (Å²) in [6.07, 6.45) is 0.00305. The molecule has 0 radical (unpaired) electrons. The van der Waals surface area contributed by atoms with Gasteiger partial charge in [-0.25, -0.2) is 9.59 Å². The quantitative estimate of drug-likeness (QED) is 0.181. The van der Waals surface area contributed by atoms with E-state index in [9.17, 15) is 19.2 Å². The molecule has 2 N–H and O–H groups in total. The van der Waals surface area contributed by atoms with Crippen LogP contribution in [0.1, 0.15) is 65.8 Å². The number of methoxy groups -OCH3 is 2. The normalized spacial score (nSPS) is 13.2. The van der Waals surface area contributed by atoms with E-state index in [4.69, 9.17) is 18.9 Å². The van der Waals surface area contributed by atoms with E-state index in [1.807, 2.05) is 26.8 Å². The molecule has 0 saturated heterocycles.